The maximum atomic E-state index is 10.7. The van der Waals surface area contributed by atoms with E-state index >= 15 is 0 Å². The number of carbonyl (C=O) groups is 1. The summed E-state index contributed by atoms with van der Waals surface area (Å²) >= 11 is 0. The van der Waals surface area contributed by atoms with Crippen molar-refractivity contribution in [1.82, 2.24) is 4.90 Å². The van der Waals surface area contributed by atoms with Crippen molar-refractivity contribution in [2.75, 3.05) is 6.54 Å². The van der Waals surface area contributed by atoms with Gasteiger partial charge in [-0.05, 0) is 27.2 Å². The number of hydrogen-bond acceptors (Lipinski definition) is 2. The molecule has 15 heavy (non-hydrogen) atoms. The molecule has 0 aromatic carbocycles. The fraction of sp³-hybridized carbons (Fsp3) is 0.917. The zero-order valence-electron chi connectivity index (χ0n) is 10.5. The van der Waals surface area contributed by atoms with Crippen LogP contribution in [0.2, 0.25) is 0 Å². The molecule has 0 fully saturated rings. The minimum absolute atomic E-state index is 0.158. The normalized spacial score (nSPS) is 13.5. The second kappa shape index (κ2) is 7.69. The fourth-order valence-electron chi connectivity index (χ4n) is 1.86. The number of carboxylic acid groups (broad SMARTS) is 1. The van der Waals surface area contributed by atoms with Gasteiger partial charge >= 0.3 is 5.97 Å². The Balaban J connectivity index is 4.04. The van der Waals surface area contributed by atoms with Crippen molar-refractivity contribution in [3.63, 3.8) is 0 Å². The van der Waals surface area contributed by atoms with Gasteiger partial charge in [-0.15, -0.1) is 0 Å². The molecule has 0 bridgehead atoms. The quantitative estimate of drug-likeness (QED) is 0.633. The van der Waals surface area contributed by atoms with Crippen LogP contribution in [0.1, 0.15) is 53.4 Å². The number of unbranched alkanes of at least 4 members (excludes halogenated alkanes) is 2. The molecule has 0 radical (unpaired) electrons. The Hall–Kier alpha value is -0.570. The van der Waals surface area contributed by atoms with Crippen LogP contribution in [0, 0.1) is 0 Å². The highest BCUT2D eigenvalue weighted by molar-refractivity contribution is 5.69. The number of rotatable bonds is 8. The maximum absolute atomic E-state index is 10.7. The number of carboxylic acids is 1. The van der Waals surface area contributed by atoms with Crippen LogP contribution in [0.4, 0.5) is 0 Å². The highest BCUT2D eigenvalue weighted by Gasteiger charge is 2.19. The molecule has 0 aliphatic rings. The first kappa shape index (κ1) is 14.4. The minimum atomic E-state index is -0.731. The average molecular weight is 215 g/mol. The molecule has 0 amide bonds. The second-order valence-corrected chi connectivity index (χ2v) is 4.50. The molecular weight excluding hydrogens is 190 g/mol. The Morgan fingerprint density at radius 2 is 1.87 bits per heavy atom. The molecule has 0 rings (SSSR count). The standard InChI is InChI=1S/C12H25NO2/c1-5-6-7-8-11(4)13(10(2)3)9-12(14)15/h10-11H,5-9H2,1-4H3,(H,14,15). The van der Waals surface area contributed by atoms with Crippen LogP contribution in [-0.4, -0.2) is 34.6 Å². The summed E-state index contributed by atoms with van der Waals surface area (Å²) in [5.74, 6) is -0.731. The van der Waals surface area contributed by atoms with E-state index in [0.29, 0.717) is 12.1 Å². The van der Waals surface area contributed by atoms with Gasteiger partial charge in [0.15, 0.2) is 0 Å². The first-order valence-electron chi connectivity index (χ1n) is 5.96. The molecule has 1 unspecified atom stereocenters. The Labute approximate surface area is 93.5 Å². The van der Waals surface area contributed by atoms with Crippen LogP contribution in [0.5, 0.6) is 0 Å². The van der Waals surface area contributed by atoms with Crippen molar-refractivity contribution in [2.45, 2.75) is 65.5 Å². The van der Waals surface area contributed by atoms with E-state index in [1.54, 1.807) is 0 Å². The van der Waals surface area contributed by atoms with E-state index in [0.717, 1.165) is 6.42 Å². The van der Waals surface area contributed by atoms with Gasteiger partial charge in [-0.1, -0.05) is 26.2 Å². The predicted molar refractivity (Wildman–Crippen MR) is 63.1 cm³/mol. The molecule has 0 heterocycles. The third-order valence-corrected chi connectivity index (χ3v) is 2.77. The Bertz CT molecular complexity index is 180. The zero-order chi connectivity index (χ0) is 11.8. The predicted octanol–water partition coefficient (Wildman–Crippen LogP) is 2.75. The van der Waals surface area contributed by atoms with Crippen LogP contribution in [-0.2, 0) is 4.79 Å². The summed E-state index contributed by atoms with van der Waals surface area (Å²) in [5.41, 5.74) is 0. The Morgan fingerprint density at radius 1 is 1.27 bits per heavy atom. The summed E-state index contributed by atoms with van der Waals surface area (Å²) in [7, 11) is 0. The Morgan fingerprint density at radius 3 is 2.27 bits per heavy atom. The topological polar surface area (TPSA) is 40.5 Å². The minimum Gasteiger partial charge on any atom is -0.480 e. The molecule has 90 valence electrons. The van der Waals surface area contributed by atoms with E-state index in [1.807, 2.05) is 0 Å². The van der Waals surface area contributed by atoms with E-state index < -0.39 is 5.97 Å². The van der Waals surface area contributed by atoms with Gasteiger partial charge < -0.3 is 5.11 Å². The SMILES string of the molecule is CCCCCC(C)N(CC(=O)O)C(C)C. The van der Waals surface area contributed by atoms with Crippen molar-refractivity contribution >= 4 is 5.97 Å². The second-order valence-electron chi connectivity index (χ2n) is 4.50. The molecule has 0 aromatic heterocycles. The Kier molecular flexibility index (Phi) is 7.39. The van der Waals surface area contributed by atoms with Crippen molar-refractivity contribution in [3.8, 4) is 0 Å². The van der Waals surface area contributed by atoms with Crippen molar-refractivity contribution < 1.29 is 9.90 Å². The molecule has 0 saturated carbocycles. The van der Waals surface area contributed by atoms with Crippen LogP contribution in [0.25, 0.3) is 0 Å². The van der Waals surface area contributed by atoms with Gasteiger partial charge in [-0.3, -0.25) is 9.69 Å². The van der Waals surface area contributed by atoms with E-state index in [1.165, 1.54) is 19.3 Å². The van der Waals surface area contributed by atoms with Gasteiger partial charge in [0.2, 0.25) is 0 Å². The number of nitrogens with zero attached hydrogens (tertiary/aromatic N) is 1. The van der Waals surface area contributed by atoms with Gasteiger partial charge in [0.25, 0.3) is 0 Å². The lowest BCUT2D eigenvalue weighted by atomic mass is 10.1. The first-order chi connectivity index (χ1) is 6.99. The summed E-state index contributed by atoms with van der Waals surface area (Å²) in [6.45, 7) is 8.57. The molecule has 1 N–H and O–H groups in total. The molecule has 3 heteroatoms. The van der Waals surface area contributed by atoms with Crippen LogP contribution in [0.3, 0.4) is 0 Å². The lowest BCUT2D eigenvalue weighted by molar-refractivity contribution is -0.139. The third-order valence-electron chi connectivity index (χ3n) is 2.77. The summed E-state index contributed by atoms with van der Waals surface area (Å²) < 4.78 is 0. The molecule has 0 aromatic rings. The molecule has 0 saturated heterocycles. The van der Waals surface area contributed by atoms with Crippen LogP contribution < -0.4 is 0 Å². The summed E-state index contributed by atoms with van der Waals surface area (Å²) in [5, 5.41) is 8.81. The number of aliphatic carboxylic acids is 1. The highest BCUT2D eigenvalue weighted by atomic mass is 16.4. The molecule has 0 aliphatic carbocycles. The summed E-state index contributed by atoms with van der Waals surface area (Å²) in [6.07, 6.45) is 4.75. The lowest BCUT2D eigenvalue weighted by Crippen LogP contribution is -2.42. The summed E-state index contributed by atoms with van der Waals surface area (Å²) in [4.78, 5) is 12.8. The van der Waals surface area contributed by atoms with Crippen LogP contribution in [0.15, 0.2) is 0 Å². The lowest BCUT2D eigenvalue weighted by Gasteiger charge is -2.31. The van der Waals surface area contributed by atoms with Gasteiger partial charge in [-0.25, -0.2) is 0 Å². The maximum Gasteiger partial charge on any atom is 0.317 e. The summed E-state index contributed by atoms with van der Waals surface area (Å²) in [6, 6.07) is 0.672. The molecular formula is C12H25NO2. The average Bonchev–Trinajstić information content (AvgIpc) is 2.13. The van der Waals surface area contributed by atoms with Crippen molar-refractivity contribution in [1.29, 1.82) is 0 Å². The third kappa shape index (κ3) is 6.50. The smallest absolute Gasteiger partial charge is 0.317 e. The number of hydrogen-bond donors (Lipinski definition) is 1. The molecule has 0 aliphatic heterocycles. The fourth-order valence-corrected chi connectivity index (χ4v) is 1.86. The first-order valence-corrected chi connectivity index (χ1v) is 5.96. The van der Waals surface area contributed by atoms with Crippen LogP contribution >= 0.6 is 0 Å². The van der Waals surface area contributed by atoms with E-state index in [9.17, 15) is 4.79 Å². The monoisotopic (exact) mass is 215 g/mol. The van der Waals surface area contributed by atoms with Gasteiger partial charge in [0.1, 0.15) is 0 Å². The van der Waals surface area contributed by atoms with Crippen molar-refractivity contribution in [3.05, 3.63) is 0 Å². The van der Waals surface area contributed by atoms with Gasteiger partial charge in [0, 0.05) is 12.1 Å². The molecule has 1 atom stereocenters. The van der Waals surface area contributed by atoms with Crippen molar-refractivity contribution in [2.24, 2.45) is 0 Å². The van der Waals surface area contributed by atoms with E-state index in [-0.39, 0.29) is 6.54 Å². The van der Waals surface area contributed by atoms with E-state index in [4.69, 9.17) is 5.11 Å². The van der Waals surface area contributed by atoms with Gasteiger partial charge in [0.05, 0.1) is 6.54 Å². The van der Waals surface area contributed by atoms with E-state index in [2.05, 4.69) is 32.6 Å². The molecule has 3 nitrogen and oxygen atoms in total. The highest BCUT2D eigenvalue weighted by Crippen LogP contribution is 2.12. The largest absolute Gasteiger partial charge is 0.480 e. The van der Waals surface area contributed by atoms with Gasteiger partial charge in [-0.2, -0.15) is 0 Å². The molecule has 0 spiro atoms. The zero-order valence-corrected chi connectivity index (χ0v) is 10.5.